The van der Waals surface area contributed by atoms with Gasteiger partial charge in [0, 0.05) is 36.3 Å². The molecule has 0 spiro atoms. The lowest BCUT2D eigenvalue weighted by Crippen LogP contribution is -2.44. The number of halogens is 1. The van der Waals surface area contributed by atoms with Gasteiger partial charge in [0.2, 0.25) is 0 Å². The zero-order valence-corrected chi connectivity index (χ0v) is 17.8. The fraction of sp³-hybridized carbons (Fsp3) is 0.350. The third-order valence-corrected chi connectivity index (χ3v) is 6.20. The van der Waals surface area contributed by atoms with E-state index >= 15 is 0 Å². The smallest absolute Gasteiger partial charge is 0.143 e. The zero-order chi connectivity index (χ0) is 21.0. The minimum Gasteiger partial charge on any atom is -0.382 e. The molecule has 1 aromatic heterocycles. The summed E-state index contributed by atoms with van der Waals surface area (Å²) in [4.78, 5) is 6.68. The average molecular weight is 432 g/mol. The minimum absolute atomic E-state index is 0.0788. The summed E-state index contributed by atoms with van der Waals surface area (Å²) in [5.74, 6) is 0.182. The molecule has 29 heavy (non-hydrogen) atoms. The lowest BCUT2D eigenvalue weighted by atomic mass is 9.99. The van der Waals surface area contributed by atoms with Crippen molar-refractivity contribution in [2.24, 2.45) is 10.7 Å². The largest absolute Gasteiger partial charge is 0.382 e. The molecular formula is C20H22ClN5O2S. The molecule has 2 aromatic rings. The number of benzene rings is 1. The molecule has 2 heterocycles. The van der Waals surface area contributed by atoms with E-state index < -0.39 is 0 Å². The van der Waals surface area contributed by atoms with E-state index in [4.69, 9.17) is 32.2 Å². The molecule has 0 aliphatic carbocycles. The van der Waals surface area contributed by atoms with E-state index in [2.05, 4.69) is 16.0 Å². The molecule has 1 unspecified atom stereocenters. The highest BCUT2D eigenvalue weighted by Crippen LogP contribution is 2.44. The Morgan fingerprint density at radius 2 is 2.38 bits per heavy atom. The van der Waals surface area contributed by atoms with Crippen LogP contribution in [0.3, 0.4) is 0 Å². The van der Waals surface area contributed by atoms with Gasteiger partial charge in [-0.05, 0) is 18.6 Å². The number of anilines is 1. The summed E-state index contributed by atoms with van der Waals surface area (Å²) in [6, 6.07) is 8.02. The number of hydrogen-bond acceptors (Lipinski definition) is 6. The van der Waals surface area contributed by atoms with Crippen LogP contribution in [0.25, 0.3) is 11.1 Å². The molecule has 7 nitrogen and oxygen atoms in total. The number of ether oxygens (including phenoxy) is 2. The second-order valence-electron chi connectivity index (χ2n) is 6.62. The van der Waals surface area contributed by atoms with E-state index in [1.54, 1.807) is 7.11 Å². The summed E-state index contributed by atoms with van der Waals surface area (Å²) in [6.07, 6.45) is 0.815. The molecule has 152 valence electrons. The van der Waals surface area contributed by atoms with Crippen LogP contribution in [0.5, 0.6) is 0 Å². The maximum Gasteiger partial charge on any atom is 0.143 e. The van der Waals surface area contributed by atoms with E-state index in [9.17, 15) is 5.26 Å². The number of nitrogens with one attached hydrogen (secondary N) is 1. The highest BCUT2D eigenvalue weighted by atomic mass is 35.5. The third kappa shape index (κ3) is 4.43. The predicted octanol–water partition coefficient (Wildman–Crippen LogP) is 3.41. The van der Waals surface area contributed by atoms with E-state index in [0.29, 0.717) is 47.3 Å². The summed E-state index contributed by atoms with van der Waals surface area (Å²) in [5.41, 5.74) is 9.04. The molecule has 3 rings (SSSR count). The van der Waals surface area contributed by atoms with Crippen LogP contribution in [0, 0.1) is 23.7 Å². The molecule has 0 bridgehead atoms. The number of nitriles is 1. The molecule has 1 fully saturated rings. The molecule has 0 saturated carbocycles. The van der Waals surface area contributed by atoms with Gasteiger partial charge in [-0.3, -0.25) is 5.41 Å². The first-order valence-corrected chi connectivity index (χ1v) is 10.2. The maximum atomic E-state index is 10.0. The molecule has 1 saturated heterocycles. The summed E-state index contributed by atoms with van der Waals surface area (Å²) in [7, 11) is 1.64. The number of aliphatic imine (C=N–C) groups is 1. The second kappa shape index (κ2) is 9.37. The van der Waals surface area contributed by atoms with Gasteiger partial charge in [0.25, 0.3) is 0 Å². The fourth-order valence-corrected chi connectivity index (χ4v) is 4.86. The van der Waals surface area contributed by atoms with Crippen LogP contribution in [0.4, 0.5) is 5.00 Å². The fourth-order valence-electron chi connectivity index (χ4n) is 3.32. The topological polar surface area (TPSA) is 108 Å². The number of amidine groups is 1. The summed E-state index contributed by atoms with van der Waals surface area (Å²) in [5, 5.41) is 18.6. The van der Waals surface area contributed by atoms with Crippen LogP contribution >= 0.6 is 22.9 Å². The Morgan fingerprint density at radius 3 is 3.03 bits per heavy atom. The molecule has 1 aliphatic heterocycles. The number of rotatable bonds is 6. The lowest BCUT2D eigenvalue weighted by molar-refractivity contribution is -0.00987. The van der Waals surface area contributed by atoms with E-state index in [1.807, 2.05) is 25.1 Å². The number of nitrogens with two attached hydrogens (primary N) is 1. The second-order valence-corrected chi connectivity index (χ2v) is 8.03. The van der Waals surface area contributed by atoms with Crippen molar-refractivity contribution < 1.29 is 9.47 Å². The Morgan fingerprint density at radius 1 is 1.59 bits per heavy atom. The minimum atomic E-state index is -0.0788. The Kier molecular flexibility index (Phi) is 6.87. The van der Waals surface area contributed by atoms with Crippen molar-refractivity contribution in [2.45, 2.75) is 13.0 Å². The van der Waals surface area contributed by atoms with Gasteiger partial charge < -0.3 is 20.1 Å². The average Bonchev–Trinajstić information content (AvgIpc) is 3.08. The van der Waals surface area contributed by atoms with Crippen LogP contribution in [-0.2, 0) is 9.47 Å². The van der Waals surface area contributed by atoms with Crippen molar-refractivity contribution in [1.29, 1.82) is 10.7 Å². The quantitative estimate of drug-likeness (QED) is 0.538. The highest BCUT2D eigenvalue weighted by Gasteiger charge is 2.29. The number of hydrogen-bond donors (Lipinski definition) is 2. The van der Waals surface area contributed by atoms with Crippen LogP contribution < -0.4 is 10.6 Å². The SMILES string of the molecule is COCC1CN(c2sc(C(N)=NC=N)c(-c3ccc(C)cc3Cl)c2C#N)CCO1. The molecule has 9 heteroatoms. The molecule has 1 atom stereocenters. The Hall–Kier alpha value is -2.44. The molecule has 1 aliphatic rings. The maximum absolute atomic E-state index is 10.0. The number of thiophene rings is 1. The Labute approximate surface area is 178 Å². The summed E-state index contributed by atoms with van der Waals surface area (Å²) < 4.78 is 11.0. The van der Waals surface area contributed by atoms with Crippen molar-refractivity contribution in [2.75, 3.05) is 38.3 Å². The van der Waals surface area contributed by atoms with Crippen molar-refractivity contribution in [3.8, 4) is 17.2 Å². The van der Waals surface area contributed by atoms with Gasteiger partial charge in [-0.1, -0.05) is 23.7 Å². The zero-order valence-electron chi connectivity index (χ0n) is 16.2. The number of morpholine rings is 1. The van der Waals surface area contributed by atoms with Crippen molar-refractivity contribution >= 4 is 40.1 Å². The van der Waals surface area contributed by atoms with Crippen LogP contribution in [0.2, 0.25) is 5.02 Å². The number of methoxy groups -OCH3 is 1. The first-order valence-electron chi connectivity index (χ1n) is 9.01. The van der Waals surface area contributed by atoms with E-state index in [1.165, 1.54) is 11.3 Å². The van der Waals surface area contributed by atoms with Crippen LogP contribution in [0.1, 0.15) is 16.0 Å². The number of aryl methyl sites for hydroxylation is 1. The van der Waals surface area contributed by atoms with Crippen LogP contribution in [0.15, 0.2) is 23.2 Å². The van der Waals surface area contributed by atoms with E-state index in [0.717, 1.165) is 22.5 Å². The van der Waals surface area contributed by atoms with Gasteiger partial charge in [0.05, 0.1) is 29.8 Å². The lowest BCUT2D eigenvalue weighted by Gasteiger charge is -2.33. The highest BCUT2D eigenvalue weighted by molar-refractivity contribution is 7.19. The molecule has 3 N–H and O–H groups in total. The standard InChI is InChI=1S/C20H22ClN5O2S/c1-12-3-4-14(16(21)7-12)17-15(8-22)20(29-18(17)19(24)25-11-23)26-5-6-28-13(9-26)10-27-2/h3-4,7,11,13H,5-6,9-10H2,1-2H3,(H3,23,24,25). The van der Waals surface area contributed by atoms with Gasteiger partial charge in [-0.2, -0.15) is 5.26 Å². The first-order chi connectivity index (χ1) is 14.0. The number of nitrogens with zero attached hydrogens (tertiary/aromatic N) is 3. The Balaban J connectivity index is 2.17. The first kappa shape index (κ1) is 21.3. The van der Waals surface area contributed by atoms with Crippen molar-refractivity contribution in [3.05, 3.63) is 39.2 Å². The van der Waals surface area contributed by atoms with Gasteiger partial charge in [0.1, 0.15) is 23.2 Å². The Bertz CT molecular complexity index is 980. The molecule has 0 radical (unpaired) electrons. The van der Waals surface area contributed by atoms with Gasteiger partial charge in [-0.15, -0.1) is 11.3 Å². The summed E-state index contributed by atoms with van der Waals surface area (Å²) in [6.45, 7) is 4.22. The summed E-state index contributed by atoms with van der Waals surface area (Å²) >= 11 is 7.91. The molecule has 1 aromatic carbocycles. The van der Waals surface area contributed by atoms with Crippen LogP contribution in [-0.4, -0.2) is 51.7 Å². The predicted molar refractivity (Wildman–Crippen MR) is 118 cm³/mol. The van der Waals surface area contributed by atoms with Crippen molar-refractivity contribution in [3.63, 3.8) is 0 Å². The third-order valence-electron chi connectivity index (χ3n) is 4.61. The molecular weight excluding hydrogens is 410 g/mol. The van der Waals surface area contributed by atoms with Gasteiger partial charge >= 0.3 is 0 Å². The molecule has 0 amide bonds. The van der Waals surface area contributed by atoms with Crippen molar-refractivity contribution in [1.82, 2.24) is 0 Å². The normalized spacial score (nSPS) is 17.2. The van der Waals surface area contributed by atoms with Gasteiger partial charge in [-0.25, -0.2) is 4.99 Å². The van der Waals surface area contributed by atoms with Gasteiger partial charge in [0.15, 0.2) is 0 Å². The van der Waals surface area contributed by atoms with E-state index in [-0.39, 0.29) is 11.9 Å². The monoisotopic (exact) mass is 431 g/mol.